The molecular weight excluding hydrogens is 404 g/mol. The minimum absolute atomic E-state index is 0.0391. The summed E-state index contributed by atoms with van der Waals surface area (Å²) in [7, 11) is 5.65. The van der Waals surface area contributed by atoms with E-state index in [9.17, 15) is 14.7 Å². The van der Waals surface area contributed by atoms with Gasteiger partial charge in [0, 0.05) is 12.1 Å². The molecule has 9 heteroatoms. The molecule has 0 saturated carbocycles. The number of esters is 1. The van der Waals surface area contributed by atoms with Crippen LogP contribution in [0.4, 0.5) is 0 Å². The lowest BCUT2D eigenvalue weighted by Gasteiger charge is -2.20. The first-order chi connectivity index (χ1) is 14.8. The average Bonchev–Trinajstić information content (AvgIpc) is 2.77. The molecule has 0 spiro atoms. The topological polar surface area (TPSA) is 109 Å². The molecule has 0 aliphatic heterocycles. The largest absolute Gasteiger partial charge is 0.493 e. The fourth-order valence-corrected chi connectivity index (χ4v) is 3.49. The van der Waals surface area contributed by atoms with Crippen LogP contribution in [0.15, 0.2) is 35.3 Å². The maximum Gasteiger partial charge on any atom is 0.306 e. The van der Waals surface area contributed by atoms with Gasteiger partial charge in [-0.3, -0.25) is 14.0 Å². The molecule has 1 atom stereocenters. The lowest BCUT2D eigenvalue weighted by Crippen LogP contribution is -2.24. The van der Waals surface area contributed by atoms with Crippen molar-refractivity contribution in [3.8, 4) is 23.1 Å². The van der Waals surface area contributed by atoms with Crippen molar-refractivity contribution in [2.45, 2.75) is 19.3 Å². The molecule has 0 unspecified atom stereocenters. The van der Waals surface area contributed by atoms with Crippen LogP contribution in [0.25, 0.3) is 5.65 Å². The van der Waals surface area contributed by atoms with Gasteiger partial charge >= 0.3 is 5.97 Å². The molecule has 0 radical (unpaired) electrons. The molecule has 9 nitrogen and oxygen atoms in total. The van der Waals surface area contributed by atoms with Crippen molar-refractivity contribution in [3.05, 3.63) is 57.5 Å². The number of nitrogens with zero attached hydrogens (tertiary/aromatic N) is 2. The molecular formula is C22H24N2O7. The Morgan fingerprint density at radius 1 is 1.10 bits per heavy atom. The van der Waals surface area contributed by atoms with Crippen molar-refractivity contribution < 1.29 is 28.8 Å². The fraction of sp³-hybridized carbons (Fsp3) is 0.318. The Morgan fingerprint density at radius 2 is 1.74 bits per heavy atom. The van der Waals surface area contributed by atoms with E-state index >= 15 is 0 Å². The number of methoxy groups -OCH3 is 4. The van der Waals surface area contributed by atoms with Crippen LogP contribution in [-0.2, 0) is 9.53 Å². The average molecular weight is 428 g/mol. The summed E-state index contributed by atoms with van der Waals surface area (Å²) in [6.45, 7) is 1.84. The predicted octanol–water partition coefficient (Wildman–Crippen LogP) is 2.43. The van der Waals surface area contributed by atoms with E-state index in [-0.39, 0.29) is 12.0 Å². The summed E-state index contributed by atoms with van der Waals surface area (Å²) in [4.78, 5) is 29.7. The highest BCUT2D eigenvalue weighted by Crippen LogP contribution is 2.42. The van der Waals surface area contributed by atoms with E-state index in [1.165, 1.54) is 32.8 Å². The Morgan fingerprint density at radius 3 is 2.29 bits per heavy atom. The highest BCUT2D eigenvalue weighted by Gasteiger charge is 2.29. The Labute approximate surface area is 178 Å². The number of aryl methyl sites for hydroxylation is 1. The van der Waals surface area contributed by atoms with Crippen LogP contribution < -0.4 is 19.8 Å². The number of aromatic hydroxyl groups is 1. The summed E-state index contributed by atoms with van der Waals surface area (Å²) in [6, 6.07) is 6.67. The Hall–Kier alpha value is -3.75. The molecule has 1 aromatic carbocycles. The standard InChI is InChI=1S/C22H24N2O7/c1-12-6-7-17-23-21(26)19(22(27)24(17)11-12)14(10-18(25)30-4)13-8-15(28-2)20(31-5)16(9-13)29-3/h6-9,11,14,26H,10H2,1-5H3/t14-/m0/s1. The summed E-state index contributed by atoms with van der Waals surface area (Å²) < 4.78 is 22.3. The summed E-state index contributed by atoms with van der Waals surface area (Å²) >= 11 is 0. The smallest absolute Gasteiger partial charge is 0.306 e. The minimum Gasteiger partial charge on any atom is -0.493 e. The van der Waals surface area contributed by atoms with Crippen molar-refractivity contribution in [3.63, 3.8) is 0 Å². The van der Waals surface area contributed by atoms with E-state index in [1.807, 2.05) is 6.92 Å². The summed E-state index contributed by atoms with van der Waals surface area (Å²) in [5.74, 6) is -0.854. The summed E-state index contributed by atoms with van der Waals surface area (Å²) in [5.41, 5.74) is 1.09. The second-order valence-electron chi connectivity index (χ2n) is 6.88. The van der Waals surface area contributed by atoms with E-state index < -0.39 is 23.3 Å². The number of hydrogen-bond acceptors (Lipinski definition) is 8. The third-order valence-corrected chi connectivity index (χ3v) is 5.02. The van der Waals surface area contributed by atoms with Gasteiger partial charge in [0.25, 0.3) is 5.56 Å². The third-order valence-electron chi connectivity index (χ3n) is 5.02. The van der Waals surface area contributed by atoms with Crippen LogP contribution in [0, 0.1) is 6.92 Å². The number of aromatic nitrogens is 2. The van der Waals surface area contributed by atoms with E-state index in [0.29, 0.717) is 28.5 Å². The third kappa shape index (κ3) is 4.11. The van der Waals surface area contributed by atoms with E-state index in [0.717, 1.165) is 5.56 Å². The first-order valence-corrected chi connectivity index (χ1v) is 9.43. The van der Waals surface area contributed by atoms with Crippen LogP contribution in [0.1, 0.15) is 29.0 Å². The number of pyridine rings is 1. The van der Waals surface area contributed by atoms with Crippen LogP contribution in [0.2, 0.25) is 0 Å². The van der Waals surface area contributed by atoms with Gasteiger partial charge in [-0.15, -0.1) is 0 Å². The van der Waals surface area contributed by atoms with Crippen LogP contribution in [0.5, 0.6) is 23.1 Å². The Bertz CT molecular complexity index is 1160. The first-order valence-electron chi connectivity index (χ1n) is 9.43. The second kappa shape index (κ2) is 8.95. The van der Waals surface area contributed by atoms with Gasteiger partial charge in [0.1, 0.15) is 5.65 Å². The van der Waals surface area contributed by atoms with Crippen molar-refractivity contribution in [2.75, 3.05) is 28.4 Å². The quantitative estimate of drug-likeness (QED) is 0.572. The minimum atomic E-state index is -0.876. The maximum absolute atomic E-state index is 13.3. The zero-order chi connectivity index (χ0) is 22.7. The van der Waals surface area contributed by atoms with Crippen LogP contribution in [-0.4, -0.2) is 48.9 Å². The highest BCUT2D eigenvalue weighted by atomic mass is 16.5. The SMILES string of the molecule is COC(=O)C[C@@H](c1cc(OC)c(OC)c(OC)c1)c1c(O)nc2ccc(C)cn2c1=O. The van der Waals surface area contributed by atoms with Gasteiger partial charge in [-0.2, -0.15) is 4.98 Å². The van der Waals surface area contributed by atoms with E-state index in [4.69, 9.17) is 18.9 Å². The molecule has 0 saturated heterocycles. The molecule has 3 rings (SSSR count). The molecule has 164 valence electrons. The molecule has 31 heavy (non-hydrogen) atoms. The Balaban J connectivity index is 2.31. The summed E-state index contributed by atoms with van der Waals surface area (Å²) in [5, 5.41) is 10.7. The number of ether oxygens (including phenoxy) is 4. The summed E-state index contributed by atoms with van der Waals surface area (Å²) in [6.07, 6.45) is 1.41. The van der Waals surface area contributed by atoms with Crippen molar-refractivity contribution in [2.24, 2.45) is 0 Å². The molecule has 0 fully saturated rings. The molecule has 0 aliphatic rings. The molecule has 0 bridgehead atoms. The number of benzene rings is 1. The zero-order valence-electron chi connectivity index (χ0n) is 18.0. The molecule has 0 amide bonds. The maximum atomic E-state index is 13.3. The van der Waals surface area contributed by atoms with Crippen molar-refractivity contribution >= 4 is 11.6 Å². The number of hydrogen-bond donors (Lipinski definition) is 1. The van der Waals surface area contributed by atoms with Crippen molar-refractivity contribution in [1.29, 1.82) is 0 Å². The lowest BCUT2D eigenvalue weighted by atomic mass is 9.89. The molecule has 3 aromatic rings. The number of carbonyl (C=O) groups excluding carboxylic acids is 1. The van der Waals surface area contributed by atoms with Crippen LogP contribution in [0.3, 0.4) is 0 Å². The lowest BCUT2D eigenvalue weighted by molar-refractivity contribution is -0.140. The van der Waals surface area contributed by atoms with Gasteiger partial charge in [-0.05, 0) is 36.2 Å². The molecule has 0 aliphatic carbocycles. The highest BCUT2D eigenvalue weighted by molar-refractivity contribution is 5.72. The number of fused-ring (bicyclic) bond motifs is 1. The number of carbonyl (C=O) groups is 1. The number of rotatable bonds is 7. The predicted molar refractivity (Wildman–Crippen MR) is 112 cm³/mol. The second-order valence-corrected chi connectivity index (χ2v) is 6.88. The fourth-order valence-electron chi connectivity index (χ4n) is 3.49. The van der Waals surface area contributed by atoms with E-state index in [1.54, 1.807) is 30.5 Å². The molecule has 2 heterocycles. The normalized spacial score (nSPS) is 11.8. The Kier molecular flexibility index (Phi) is 6.33. The van der Waals surface area contributed by atoms with Gasteiger partial charge in [-0.1, -0.05) is 6.07 Å². The molecule has 1 N–H and O–H groups in total. The monoisotopic (exact) mass is 428 g/mol. The van der Waals surface area contributed by atoms with E-state index in [2.05, 4.69) is 4.98 Å². The van der Waals surface area contributed by atoms with Gasteiger partial charge in [0.2, 0.25) is 11.6 Å². The molecule has 2 aromatic heterocycles. The zero-order valence-corrected chi connectivity index (χ0v) is 18.0. The van der Waals surface area contributed by atoms with Gasteiger partial charge in [-0.25, -0.2) is 0 Å². The van der Waals surface area contributed by atoms with Gasteiger partial charge in [0.05, 0.1) is 40.4 Å². The van der Waals surface area contributed by atoms with Gasteiger partial charge in [0.15, 0.2) is 11.5 Å². The van der Waals surface area contributed by atoms with Crippen molar-refractivity contribution in [1.82, 2.24) is 9.38 Å². The van der Waals surface area contributed by atoms with Gasteiger partial charge < -0.3 is 24.1 Å². The first kappa shape index (κ1) is 21.9. The van der Waals surface area contributed by atoms with Crippen LogP contribution >= 0.6 is 0 Å².